The molecule has 1 aromatic carbocycles. The summed E-state index contributed by atoms with van der Waals surface area (Å²) in [5.74, 6) is 0.0723. The monoisotopic (exact) mass is 347 g/mol. The molecule has 2 aliphatic rings. The highest BCUT2D eigenvalue weighted by Crippen LogP contribution is 2.19. The van der Waals surface area contributed by atoms with Crippen LogP contribution in [0.4, 0.5) is 5.69 Å². The van der Waals surface area contributed by atoms with Gasteiger partial charge in [0.05, 0.1) is 25.2 Å². The zero-order chi connectivity index (χ0) is 17.5. The van der Waals surface area contributed by atoms with Gasteiger partial charge in [-0.3, -0.25) is 14.6 Å². The highest BCUT2D eigenvalue weighted by atomic mass is 16.5. The van der Waals surface area contributed by atoms with Crippen LogP contribution in [0, 0.1) is 5.92 Å². The van der Waals surface area contributed by atoms with Crippen LogP contribution in [0.2, 0.25) is 0 Å². The number of ether oxygens (including phenoxy) is 1. The summed E-state index contributed by atoms with van der Waals surface area (Å²) in [6, 6.07) is 9.60. The van der Waals surface area contributed by atoms with Crippen LogP contribution < -0.4 is 5.32 Å². The summed E-state index contributed by atoms with van der Waals surface area (Å²) in [6.45, 7) is 6.26. The summed E-state index contributed by atoms with van der Waals surface area (Å²) in [6.07, 6.45) is 1.53. The summed E-state index contributed by atoms with van der Waals surface area (Å²) in [4.78, 5) is 17.0. The zero-order valence-electron chi connectivity index (χ0n) is 14.8. The van der Waals surface area contributed by atoms with Crippen molar-refractivity contribution < 1.29 is 14.6 Å². The van der Waals surface area contributed by atoms with Crippen molar-refractivity contribution in [2.45, 2.75) is 18.9 Å². The topological polar surface area (TPSA) is 65.0 Å². The average Bonchev–Trinajstić information content (AvgIpc) is 2.63. The molecule has 2 saturated heterocycles. The highest BCUT2D eigenvalue weighted by Gasteiger charge is 2.27. The number of hydrogen-bond donors (Lipinski definition) is 2. The maximum absolute atomic E-state index is 12.5. The van der Waals surface area contributed by atoms with Gasteiger partial charge in [0, 0.05) is 38.4 Å². The number of para-hydroxylation sites is 1. The number of benzene rings is 1. The van der Waals surface area contributed by atoms with Gasteiger partial charge in [-0.15, -0.1) is 0 Å². The molecule has 1 amide bonds. The molecule has 2 aliphatic heterocycles. The van der Waals surface area contributed by atoms with Crippen molar-refractivity contribution in [2.75, 3.05) is 57.8 Å². The Balaban J connectivity index is 1.44. The lowest BCUT2D eigenvalue weighted by Gasteiger charge is -2.35. The van der Waals surface area contributed by atoms with Gasteiger partial charge in [-0.1, -0.05) is 18.2 Å². The number of piperidine rings is 1. The van der Waals surface area contributed by atoms with Gasteiger partial charge in [-0.2, -0.15) is 0 Å². The number of hydrogen-bond acceptors (Lipinski definition) is 5. The van der Waals surface area contributed by atoms with Crippen molar-refractivity contribution in [3.63, 3.8) is 0 Å². The van der Waals surface area contributed by atoms with Gasteiger partial charge in [0.2, 0.25) is 5.91 Å². The number of carbonyl (C=O) groups excluding carboxylic acids is 1. The number of morpholine rings is 1. The molecule has 6 heteroatoms. The molecule has 6 nitrogen and oxygen atoms in total. The van der Waals surface area contributed by atoms with E-state index >= 15 is 0 Å². The Morgan fingerprint density at radius 1 is 1.16 bits per heavy atom. The van der Waals surface area contributed by atoms with E-state index in [9.17, 15) is 9.90 Å². The molecular formula is C19H29N3O3. The molecule has 0 aliphatic carbocycles. The summed E-state index contributed by atoms with van der Waals surface area (Å²) in [7, 11) is 0. The Labute approximate surface area is 149 Å². The molecule has 0 unspecified atom stereocenters. The van der Waals surface area contributed by atoms with Crippen LogP contribution in [0.15, 0.2) is 30.3 Å². The number of carbonyl (C=O) groups is 1. The van der Waals surface area contributed by atoms with Crippen molar-refractivity contribution in [1.82, 2.24) is 9.80 Å². The fourth-order valence-electron chi connectivity index (χ4n) is 3.64. The molecule has 0 spiro atoms. The molecule has 2 fully saturated rings. The summed E-state index contributed by atoms with van der Waals surface area (Å²) >= 11 is 0. The van der Waals surface area contributed by atoms with Crippen molar-refractivity contribution >= 4 is 11.6 Å². The molecule has 0 aromatic heterocycles. The van der Waals surface area contributed by atoms with Crippen LogP contribution in [-0.4, -0.2) is 79.4 Å². The quantitative estimate of drug-likeness (QED) is 0.805. The van der Waals surface area contributed by atoms with Crippen LogP contribution in [0.25, 0.3) is 0 Å². The molecule has 2 heterocycles. The second kappa shape index (κ2) is 9.29. The van der Waals surface area contributed by atoms with Crippen molar-refractivity contribution in [1.29, 1.82) is 0 Å². The number of nitrogens with zero attached hydrogens (tertiary/aromatic N) is 2. The summed E-state index contributed by atoms with van der Waals surface area (Å²) < 4.78 is 5.34. The lowest BCUT2D eigenvalue weighted by molar-refractivity contribution is -0.121. The van der Waals surface area contributed by atoms with Crippen molar-refractivity contribution in [2.24, 2.45) is 5.92 Å². The number of aliphatic hydroxyl groups excluding tert-OH is 1. The van der Waals surface area contributed by atoms with Crippen LogP contribution in [-0.2, 0) is 9.53 Å². The minimum atomic E-state index is -0.381. The van der Waals surface area contributed by atoms with E-state index in [-0.39, 0.29) is 17.9 Å². The first-order valence-electron chi connectivity index (χ1n) is 9.27. The molecule has 1 aromatic rings. The first-order valence-corrected chi connectivity index (χ1v) is 9.27. The Morgan fingerprint density at radius 3 is 2.64 bits per heavy atom. The van der Waals surface area contributed by atoms with E-state index in [1.54, 1.807) is 0 Å². The van der Waals surface area contributed by atoms with Crippen LogP contribution >= 0.6 is 0 Å². The number of rotatable bonds is 6. The molecule has 2 N–H and O–H groups in total. The predicted octanol–water partition coefficient (Wildman–Crippen LogP) is 1.03. The first-order chi connectivity index (χ1) is 12.2. The fourth-order valence-corrected chi connectivity index (χ4v) is 3.64. The average molecular weight is 347 g/mol. The maximum Gasteiger partial charge on any atom is 0.228 e. The van der Waals surface area contributed by atoms with E-state index in [1.807, 2.05) is 30.3 Å². The molecule has 0 saturated carbocycles. The largest absolute Gasteiger partial charge is 0.390 e. The zero-order valence-corrected chi connectivity index (χ0v) is 14.8. The van der Waals surface area contributed by atoms with E-state index in [4.69, 9.17) is 4.74 Å². The molecule has 25 heavy (non-hydrogen) atoms. The molecule has 138 valence electrons. The Hall–Kier alpha value is -1.47. The number of nitrogens with one attached hydrogen (secondary N) is 1. The SMILES string of the molecule is O=C(Nc1ccccc1)[C@H]1CCCN(C[C@H](O)CN2CCOCC2)C1. The number of anilines is 1. The van der Waals surface area contributed by atoms with E-state index < -0.39 is 0 Å². The number of β-amino-alcohol motifs (C(OH)–C–C–N with tert-alkyl or cyclic N) is 1. The van der Waals surface area contributed by atoms with Gasteiger partial charge >= 0.3 is 0 Å². The maximum atomic E-state index is 12.5. The second-order valence-electron chi connectivity index (χ2n) is 7.02. The molecule has 2 atom stereocenters. The van der Waals surface area contributed by atoms with Crippen molar-refractivity contribution in [3.8, 4) is 0 Å². The number of amides is 1. The Kier molecular flexibility index (Phi) is 6.81. The molecular weight excluding hydrogens is 318 g/mol. The Bertz CT molecular complexity index is 534. The third-order valence-corrected chi connectivity index (χ3v) is 4.96. The van der Waals surface area contributed by atoms with Gasteiger partial charge in [0.1, 0.15) is 0 Å². The number of likely N-dealkylation sites (tertiary alicyclic amines) is 1. The van der Waals surface area contributed by atoms with Gasteiger partial charge < -0.3 is 15.2 Å². The number of aliphatic hydroxyl groups is 1. The van der Waals surface area contributed by atoms with Crippen LogP contribution in [0.1, 0.15) is 12.8 Å². The smallest absolute Gasteiger partial charge is 0.228 e. The van der Waals surface area contributed by atoms with Crippen LogP contribution in [0.3, 0.4) is 0 Å². The van der Waals surface area contributed by atoms with E-state index in [0.717, 1.165) is 57.9 Å². The van der Waals surface area contributed by atoms with E-state index in [1.165, 1.54) is 0 Å². The molecule has 3 rings (SSSR count). The first kappa shape index (κ1) is 18.3. The minimum Gasteiger partial charge on any atom is -0.390 e. The van der Waals surface area contributed by atoms with Gasteiger partial charge in [0.15, 0.2) is 0 Å². The Morgan fingerprint density at radius 2 is 1.88 bits per heavy atom. The van der Waals surface area contributed by atoms with Gasteiger partial charge in [0.25, 0.3) is 0 Å². The van der Waals surface area contributed by atoms with Gasteiger partial charge in [-0.25, -0.2) is 0 Å². The summed E-state index contributed by atoms with van der Waals surface area (Å²) in [5, 5.41) is 13.4. The van der Waals surface area contributed by atoms with E-state index in [2.05, 4.69) is 15.1 Å². The van der Waals surface area contributed by atoms with Crippen molar-refractivity contribution in [3.05, 3.63) is 30.3 Å². The second-order valence-corrected chi connectivity index (χ2v) is 7.02. The minimum absolute atomic E-state index is 0.00968. The molecule has 0 radical (unpaired) electrons. The van der Waals surface area contributed by atoms with Crippen LogP contribution in [0.5, 0.6) is 0 Å². The summed E-state index contributed by atoms with van der Waals surface area (Å²) in [5.41, 5.74) is 0.844. The highest BCUT2D eigenvalue weighted by molar-refractivity contribution is 5.92. The third-order valence-electron chi connectivity index (χ3n) is 4.96. The third kappa shape index (κ3) is 5.78. The lowest BCUT2D eigenvalue weighted by atomic mass is 9.96. The van der Waals surface area contributed by atoms with E-state index in [0.29, 0.717) is 13.1 Å². The lowest BCUT2D eigenvalue weighted by Crippen LogP contribution is -2.47. The normalized spacial score (nSPS) is 24.0. The predicted molar refractivity (Wildman–Crippen MR) is 97.5 cm³/mol. The standard InChI is InChI=1S/C19H29N3O3/c23-18(14-21-9-11-25-12-10-21)15-22-8-4-5-16(13-22)19(24)20-17-6-2-1-3-7-17/h1-3,6-7,16,18,23H,4-5,8-15H2,(H,20,24)/t16-,18+/m0/s1. The van der Waals surface area contributed by atoms with Gasteiger partial charge in [-0.05, 0) is 31.5 Å². The fraction of sp³-hybridized carbons (Fsp3) is 0.632. The molecule has 0 bridgehead atoms.